The van der Waals surface area contributed by atoms with Crippen molar-refractivity contribution in [1.82, 2.24) is 0 Å². The first-order valence-electron chi connectivity index (χ1n) is 9.24. The molecule has 0 saturated carbocycles. The summed E-state index contributed by atoms with van der Waals surface area (Å²) in [6.07, 6.45) is 0. The molecule has 0 N–H and O–H groups in total. The molecule has 0 aromatic heterocycles. The summed E-state index contributed by atoms with van der Waals surface area (Å²) in [5.41, 5.74) is 0. The Hall–Kier alpha value is -2.21. The van der Waals surface area contributed by atoms with Crippen LogP contribution in [0.3, 0.4) is 0 Å². The number of hydrogen-bond acceptors (Lipinski definition) is 1. The van der Waals surface area contributed by atoms with E-state index in [0.29, 0.717) is 0 Å². The molecule has 140 valence electrons. The van der Waals surface area contributed by atoms with Crippen molar-refractivity contribution >= 4 is 39.1 Å². The molecule has 0 unspecified atom stereocenters. The first-order chi connectivity index (χ1) is 13.7. The van der Waals surface area contributed by atoms with Crippen molar-refractivity contribution < 1.29 is 4.74 Å². The Labute approximate surface area is 171 Å². The van der Waals surface area contributed by atoms with E-state index in [4.69, 9.17) is 13.6 Å². The normalized spacial score (nSPS) is 12.7. The van der Waals surface area contributed by atoms with Gasteiger partial charge in [-0.2, -0.15) is 0 Å². The summed E-state index contributed by atoms with van der Waals surface area (Å²) in [5, 5.41) is 0. The number of hydrogen-bond donors (Lipinski definition) is 0. The maximum absolute atomic E-state index is 8.20. The second-order valence-corrected chi connectivity index (χ2v) is 22.8. The van der Waals surface area contributed by atoms with Crippen LogP contribution < -0.4 is 18.8 Å². The molecule has 0 amide bonds. The molecule has 0 aliphatic carbocycles. The molecule has 0 spiro atoms. The average Bonchev–Trinajstić information content (AvgIpc) is 2.80. The van der Waals surface area contributed by atoms with E-state index in [9.17, 15) is 0 Å². The van der Waals surface area contributed by atoms with Crippen molar-refractivity contribution in [1.29, 1.82) is 0 Å². The van der Waals surface area contributed by atoms with E-state index in [0.717, 1.165) is 9.26 Å². The third-order valence-corrected chi connectivity index (χ3v) is 24.9. The van der Waals surface area contributed by atoms with Crippen LogP contribution in [0.15, 0.2) is 115 Å². The Kier molecular flexibility index (Phi) is 5.23. The van der Waals surface area contributed by atoms with Crippen molar-refractivity contribution in [3.63, 3.8) is 0 Å². The predicted molar refractivity (Wildman–Crippen MR) is 122 cm³/mol. The summed E-state index contributed by atoms with van der Waals surface area (Å²) in [7, 11) is 9.92. The second kappa shape index (κ2) is 7.66. The quantitative estimate of drug-likeness (QED) is 0.383. The molecule has 28 heavy (non-hydrogen) atoms. The van der Waals surface area contributed by atoms with Gasteiger partial charge >= 0.3 is 172 Å². The van der Waals surface area contributed by atoms with Crippen LogP contribution in [0.25, 0.3) is 0 Å². The van der Waals surface area contributed by atoms with Gasteiger partial charge in [-0.1, -0.05) is 0 Å². The number of ether oxygens (including phenoxy) is 1. The van der Waals surface area contributed by atoms with Gasteiger partial charge in [0, 0.05) is 0 Å². The fourth-order valence-electron chi connectivity index (χ4n) is 3.96. The Morgan fingerprint density at radius 2 is 0.893 bits per heavy atom. The first kappa shape index (κ1) is 19.1. The zero-order valence-electron chi connectivity index (χ0n) is 15.7. The third kappa shape index (κ3) is 2.77. The number of halogens is 1. The summed E-state index contributed by atoms with van der Waals surface area (Å²) in [6.45, 7) is 0. The van der Waals surface area contributed by atoms with Gasteiger partial charge in [-0.15, -0.1) is 0 Å². The van der Waals surface area contributed by atoms with Gasteiger partial charge in [0.1, 0.15) is 0 Å². The molecule has 0 heterocycles. The zero-order valence-corrected chi connectivity index (χ0v) is 19.0. The van der Waals surface area contributed by atoms with Crippen LogP contribution >= 0.6 is 8.83 Å². The van der Waals surface area contributed by atoms with Crippen molar-refractivity contribution in [2.75, 3.05) is 7.11 Å². The van der Waals surface area contributed by atoms with E-state index < -0.39 is 16.3 Å². The average molecular weight is 496 g/mol. The van der Waals surface area contributed by atoms with Crippen LogP contribution in [0, 0.1) is 0 Å². The zero-order chi connectivity index (χ0) is 19.5. The molecule has 0 aliphatic heterocycles. The fourth-order valence-corrected chi connectivity index (χ4v) is 21.1. The number of rotatable bonds is 5. The van der Waals surface area contributed by atoms with Crippen LogP contribution in [0.4, 0.5) is 0 Å². The third-order valence-electron chi connectivity index (χ3n) is 5.26. The molecule has 0 radical (unpaired) electrons. The summed E-state index contributed by atoms with van der Waals surface area (Å²) >= 11 is -4.65. The Balaban J connectivity index is 2.26. The van der Waals surface area contributed by atoms with Gasteiger partial charge in [-0.3, -0.25) is 0 Å². The van der Waals surface area contributed by atoms with Gasteiger partial charge in [0.2, 0.25) is 0 Å². The van der Waals surface area contributed by atoms with E-state index in [1.54, 1.807) is 7.11 Å². The van der Waals surface area contributed by atoms with Crippen LogP contribution in [0.5, 0.6) is 5.75 Å². The van der Waals surface area contributed by atoms with Crippen molar-refractivity contribution in [2.24, 2.45) is 0 Å². The van der Waals surface area contributed by atoms with Crippen molar-refractivity contribution in [2.45, 2.75) is 0 Å². The van der Waals surface area contributed by atoms with Crippen LogP contribution in [-0.4, -0.2) is 23.4 Å². The molecule has 0 aliphatic rings. The number of benzene rings is 4. The molecule has 1 nitrogen and oxygen atoms in total. The standard InChI is InChI=1S/C7H7O.3C6H5.ClH.Sb/c1-8-7-5-3-2-4-6-7;3*1-2-4-6-5-3-1;;/h2-5H,1H3;3*1-5H;1H;/q;;;;;+1/p-1. The Morgan fingerprint density at radius 3 is 1.29 bits per heavy atom. The SMILES string of the molecule is COc1cccc[c]1[Sb]([Cl])([c]1ccccc1)([c]1ccccc1)[c]1ccccc1. The molecule has 3 heteroatoms. The van der Waals surface area contributed by atoms with E-state index in [1.165, 1.54) is 10.5 Å². The molecule has 0 fully saturated rings. The molecule has 0 saturated heterocycles. The topological polar surface area (TPSA) is 9.23 Å². The van der Waals surface area contributed by atoms with Crippen LogP contribution in [0.1, 0.15) is 0 Å². The fraction of sp³-hybridized carbons (Fsp3) is 0.0400. The van der Waals surface area contributed by atoms with Gasteiger partial charge in [0.25, 0.3) is 0 Å². The van der Waals surface area contributed by atoms with Gasteiger partial charge < -0.3 is 0 Å². The second-order valence-electron chi connectivity index (χ2n) is 6.69. The summed E-state index contributed by atoms with van der Waals surface area (Å²) in [5.74, 6) is 0.829. The minimum absolute atomic E-state index is 0.829. The van der Waals surface area contributed by atoms with Crippen LogP contribution in [-0.2, 0) is 0 Å². The van der Waals surface area contributed by atoms with Gasteiger partial charge in [0.05, 0.1) is 0 Å². The predicted octanol–water partition coefficient (Wildman–Crippen LogP) is 3.76. The van der Waals surface area contributed by atoms with E-state index in [-0.39, 0.29) is 0 Å². The summed E-state index contributed by atoms with van der Waals surface area (Å²) in [6, 6.07) is 39.8. The van der Waals surface area contributed by atoms with Crippen molar-refractivity contribution in [3.05, 3.63) is 115 Å². The first-order valence-corrected chi connectivity index (χ1v) is 17.6. The van der Waals surface area contributed by atoms with E-state index in [2.05, 4.69) is 84.9 Å². The number of methoxy groups -OCH3 is 1. The van der Waals surface area contributed by atoms with E-state index >= 15 is 0 Å². The molecular formula is C25H22ClOSb. The van der Waals surface area contributed by atoms with Crippen LogP contribution in [0.2, 0.25) is 0 Å². The molecule has 0 atom stereocenters. The minimum atomic E-state index is -4.65. The summed E-state index contributed by atoms with van der Waals surface area (Å²) in [4.78, 5) is 0. The Morgan fingerprint density at radius 1 is 0.536 bits per heavy atom. The monoisotopic (exact) mass is 494 g/mol. The molecule has 0 bridgehead atoms. The van der Waals surface area contributed by atoms with Gasteiger partial charge in [0.15, 0.2) is 0 Å². The van der Waals surface area contributed by atoms with Crippen molar-refractivity contribution in [3.8, 4) is 5.75 Å². The molecule has 4 aromatic carbocycles. The molecule has 4 aromatic rings. The number of para-hydroxylation sites is 1. The van der Waals surface area contributed by atoms with Gasteiger partial charge in [-0.25, -0.2) is 0 Å². The Bertz CT molecular complexity index is 966. The molecular weight excluding hydrogens is 473 g/mol. The van der Waals surface area contributed by atoms with Gasteiger partial charge in [-0.05, 0) is 0 Å². The maximum atomic E-state index is 8.20. The summed E-state index contributed by atoms with van der Waals surface area (Å²) < 4.78 is 10.4. The molecule has 4 rings (SSSR count). The van der Waals surface area contributed by atoms with E-state index in [1.807, 2.05) is 30.3 Å².